The minimum Gasteiger partial charge on any atom is -0.488 e. The fourth-order valence-electron chi connectivity index (χ4n) is 7.24. The number of rotatable bonds is 5. The summed E-state index contributed by atoms with van der Waals surface area (Å²) in [6.07, 6.45) is 5.12. The number of halogens is 3. The summed E-state index contributed by atoms with van der Waals surface area (Å²) in [5, 5.41) is 10.8. The summed E-state index contributed by atoms with van der Waals surface area (Å²) in [4.78, 5) is 27.5. The van der Waals surface area contributed by atoms with Crippen molar-refractivity contribution in [2.45, 2.75) is 37.8 Å². The van der Waals surface area contributed by atoms with Gasteiger partial charge in [-0.25, -0.2) is 23.4 Å². The molecular formula is C36H33ClF2N8O2. The third-order valence-corrected chi connectivity index (χ3v) is 9.71. The zero-order valence-corrected chi connectivity index (χ0v) is 27.5. The molecule has 0 aliphatic carbocycles. The van der Waals surface area contributed by atoms with Crippen LogP contribution in [-0.4, -0.2) is 78.0 Å². The van der Waals surface area contributed by atoms with Gasteiger partial charge in [0, 0.05) is 49.6 Å². The van der Waals surface area contributed by atoms with Crippen molar-refractivity contribution < 1.29 is 18.3 Å². The van der Waals surface area contributed by atoms with Crippen molar-refractivity contribution in [3.63, 3.8) is 0 Å². The SMILES string of the molecule is Cn1nc2cccc3c2c1CCCN(CCCCl)C(=O)[C@@H]1C[C@@H](CN1c1ncnc2c1cnn2-c1ccc(F)cc1F)Oc1cccc-3c1. The Bertz CT molecular complexity index is 2200. The molecule has 1 fully saturated rings. The smallest absolute Gasteiger partial charge is 0.245 e. The number of alkyl halides is 1. The van der Waals surface area contributed by atoms with E-state index in [4.69, 9.17) is 21.4 Å². The molecule has 3 aromatic carbocycles. The molecule has 1 amide bonds. The highest BCUT2D eigenvalue weighted by molar-refractivity contribution is 6.17. The average molecular weight is 683 g/mol. The second kappa shape index (κ2) is 12.7. The highest BCUT2D eigenvalue weighted by atomic mass is 35.5. The Morgan fingerprint density at radius 1 is 1.06 bits per heavy atom. The number of carbonyl (C=O) groups is 1. The molecule has 5 heterocycles. The molecule has 3 aromatic heterocycles. The molecule has 4 bridgehead atoms. The number of ether oxygens (including phenoxy) is 1. The second-order valence-electron chi connectivity index (χ2n) is 12.5. The quantitative estimate of drug-likeness (QED) is 0.204. The van der Waals surface area contributed by atoms with Gasteiger partial charge in [-0.15, -0.1) is 11.6 Å². The third-order valence-electron chi connectivity index (χ3n) is 9.44. The molecule has 10 nitrogen and oxygen atoms in total. The van der Waals surface area contributed by atoms with E-state index in [0.29, 0.717) is 61.0 Å². The van der Waals surface area contributed by atoms with Crippen LogP contribution in [0.3, 0.4) is 0 Å². The van der Waals surface area contributed by atoms with Gasteiger partial charge in [-0.2, -0.15) is 10.2 Å². The Labute approximate surface area is 285 Å². The molecular weight excluding hydrogens is 650 g/mol. The van der Waals surface area contributed by atoms with E-state index in [0.717, 1.165) is 46.6 Å². The van der Waals surface area contributed by atoms with Crippen LogP contribution in [0.15, 0.2) is 73.2 Å². The maximum atomic E-state index is 14.8. The van der Waals surface area contributed by atoms with Crippen LogP contribution in [0.2, 0.25) is 0 Å². The Morgan fingerprint density at radius 2 is 1.94 bits per heavy atom. The van der Waals surface area contributed by atoms with Crippen molar-refractivity contribution >= 4 is 45.3 Å². The van der Waals surface area contributed by atoms with Crippen molar-refractivity contribution in [3.05, 3.63) is 90.5 Å². The van der Waals surface area contributed by atoms with E-state index in [1.54, 1.807) is 6.20 Å². The average Bonchev–Trinajstić information content (AvgIpc) is 3.81. The van der Waals surface area contributed by atoms with Gasteiger partial charge in [0.25, 0.3) is 0 Å². The van der Waals surface area contributed by atoms with Crippen LogP contribution >= 0.6 is 11.6 Å². The number of amides is 1. The molecule has 13 heteroatoms. The lowest BCUT2D eigenvalue weighted by atomic mass is 9.98. The Balaban J connectivity index is 1.21. The van der Waals surface area contributed by atoms with Crippen molar-refractivity contribution in [2.75, 3.05) is 30.4 Å². The first kappa shape index (κ1) is 31.2. The Kier molecular flexibility index (Phi) is 8.11. The molecule has 6 aromatic rings. The standard InChI is InChI=1S/C36H33ClF2N8O2/c1-44-31-10-4-14-45(15-5-13-37)36(48)32-18-25(49-24-7-2-6-22(16-24)26-8-3-9-29(43-44)33(26)31)20-46(32)34-27-19-42-47(35(27)41-21-40-34)30-12-11-23(38)17-28(30)39/h2-3,6-9,11-12,16-17,19,21,25,32H,4-5,10,13-15,18,20H2,1H3/t25-,32-/m0/s1. The summed E-state index contributed by atoms with van der Waals surface area (Å²) in [6, 6.07) is 16.9. The first-order chi connectivity index (χ1) is 23.9. The Hall–Kier alpha value is -5.10. The molecule has 0 spiro atoms. The topological polar surface area (TPSA) is 94.2 Å². The van der Waals surface area contributed by atoms with Crippen LogP contribution in [0.4, 0.5) is 14.6 Å². The number of aromatic nitrogens is 6. The highest BCUT2D eigenvalue weighted by Crippen LogP contribution is 2.36. The van der Waals surface area contributed by atoms with Gasteiger partial charge >= 0.3 is 0 Å². The summed E-state index contributed by atoms with van der Waals surface area (Å²) in [5.74, 6) is 0.110. The first-order valence-electron chi connectivity index (χ1n) is 16.4. The van der Waals surface area contributed by atoms with Crippen LogP contribution in [0.25, 0.3) is 38.8 Å². The zero-order valence-electron chi connectivity index (χ0n) is 26.8. The normalized spacial score (nSPS) is 18.2. The van der Waals surface area contributed by atoms with Gasteiger partial charge in [0.1, 0.15) is 41.5 Å². The molecule has 0 radical (unpaired) electrons. The van der Waals surface area contributed by atoms with Gasteiger partial charge in [0.15, 0.2) is 11.5 Å². The largest absolute Gasteiger partial charge is 0.488 e. The van der Waals surface area contributed by atoms with Crippen LogP contribution < -0.4 is 9.64 Å². The lowest BCUT2D eigenvalue weighted by Crippen LogP contribution is -2.47. The molecule has 1 saturated heterocycles. The van der Waals surface area contributed by atoms with E-state index < -0.39 is 17.7 Å². The second-order valence-corrected chi connectivity index (χ2v) is 12.9. The van der Waals surface area contributed by atoms with Crippen LogP contribution in [0.1, 0.15) is 25.0 Å². The van der Waals surface area contributed by atoms with E-state index in [2.05, 4.69) is 27.2 Å². The summed E-state index contributed by atoms with van der Waals surface area (Å²) >= 11 is 6.14. The number of anilines is 1. The minimum atomic E-state index is -0.771. The number of nitrogens with zero attached hydrogens (tertiary/aromatic N) is 8. The van der Waals surface area contributed by atoms with Gasteiger partial charge in [-0.05, 0) is 60.7 Å². The van der Waals surface area contributed by atoms with E-state index in [1.165, 1.54) is 23.1 Å². The lowest BCUT2D eigenvalue weighted by Gasteiger charge is -2.31. The molecule has 49 heavy (non-hydrogen) atoms. The third kappa shape index (κ3) is 5.63. The van der Waals surface area contributed by atoms with Crippen molar-refractivity contribution in [1.82, 2.24) is 34.4 Å². The molecule has 0 unspecified atom stereocenters. The summed E-state index contributed by atoms with van der Waals surface area (Å²) in [7, 11) is 1.97. The number of fused-ring (bicyclic) bond motifs is 6. The number of benzene rings is 3. The number of aryl methyl sites for hydroxylation is 2. The number of hydrogen-bond donors (Lipinski definition) is 0. The number of carbonyl (C=O) groups excluding carboxylic acids is 1. The highest BCUT2D eigenvalue weighted by Gasteiger charge is 2.42. The molecule has 250 valence electrons. The van der Waals surface area contributed by atoms with Gasteiger partial charge < -0.3 is 14.5 Å². The summed E-state index contributed by atoms with van der Waals surface area (Å²) in [6.45, 7) is 1.42. The van der Waals surface area contributed by atoms with E-state index >= 15 is 0 Å². The predicted octanol–water partition coefficient (Wildman–Crippen LogP) is 6.08. The van der Waals surface area contributed by atoms with Crippen LogP contribution in [0, 0.1) is 11.6 Å². The van der Waals surface area contributed by atoms with Crippen LogP contribution in [-0.2, 0) is 18.3 Å². The van der Waals surface area contributed by atoms with E-state index in [-0.39, 0.29) is 17.7 Å². The molecule has 8 rings (SSSR count). The molecule has 2 aliphatic heterocycles. The lowest BCUT2D eigenvalue weighted by molar-refractivity contribution is -0.132. The Morgan fingerprint density at radius 3 is 2.80 bits per heavy atom. The zero-order chi connectivity index (χ0) is 33.6. The molecule has 2 atom stereocenters. The van der Waals surface area contributed by atoms with Gasteiger partial charge in [-0.1, -0.05) is 24.3 Å². The van der Waals surface area contributed by atoms with Gasteiger partial charge in [0.2, 0.25) is 5.91 Å². The minimum absolute atomic E-state index is 0.0425. The van der Waals surface area contributed by atoms with Crippen molar-refractivity contribution in [2.24, 2.45) is 7.05 Å². The van der Waals surface area contributed by atoms with E-state index in [1.807, 2.05) is 51.9 Å². The maximum absolute atomic E-state index is 14.8. The van der Waals surface area contributed by atoms with E-state index in [9.17, 15) is 13.6 Å². The maximum Gasteiger partial charge on any atom is 0.245 e. The van der Waals surface area contributed by atoms with Crippen molar-refractivity contribution in [3.8, 4) is 22.6 Å². The van der Waals surface area contributed by atoms with Gasteiger partial charge in [0.05, 0.1) is 23.6 Å². The summed E-state index contributed by atoms with van der Waals surface area (Å²) in [5.41, 5.74) is 4.53. The van der Waals surface area contributed by atoms with Gasteiger partial charge in [-0.3, -0.25) is 9.48 Å². The monoisotopic (exact) mass is 682 g/mol. The fourth-order valence-corrected chi connectivity index (χ4v) is 7.36. The predicted molar refractivity (Wildman–Crippen MR) is 183 cm³/mol. The fraction of sp³-hybridized carbons (Fsp3) is 0.306. The number of hydrogen-bond acceptors (Lipinski definition) is 7. The summed E-state index contributed by atoms with van der Waals surface area (Å²) < 4.78 is 38.4. The van der Waals surface area contributed by atoms with Crippen LogP contribution in [0.5, 0.6) is 5.75 Å². The first-order valence-corrected chi connectivity index (χ1v) is 16.9. The molecule has 2 aliphatic rings. The van der Waals surface area contributed by atoms with Crippen molar-refractivity contribution in [1.29, 1.82) is 0 Å². The molecule has 0 saturated carbocycles. The molecule has 0 N–H and O–H groups in total.